The molecular formula is C22H23N3O4. The first-order chi connectivity index (χ1) is 13.8. The first-order valence-corrected chi connectivity index (χ1v) is 9.31. The number of fused-ring (bicyclic) bond motifs is 1. The zero-order valence-corrected chi connectivity index (χ0v) is 16.3. The summed E-state index contributed by atoms with van der Waals surface area (Å²) in [5.41, 5.74) is 7.57. The summed E-state index contributed by atoms with van der Waals surface area (Å²) in [4.78, 5) is 36.2. The molecule has 7 nitrogen and oxygen atoms in total. The number of nitrogens with one attached hydrogen (secondary N) is 1. The normalized spacial score (nSPS) is 11.0. The number of hydrogen-bond acceptors (Lipinski definition) is 3. The quantitative estimate of drug-likeness (QED) is 0.596. The van der Waals surface area contributed by atoms with E-state index >= 15 is 0 Å². The van der Waals surface area contributed by atoms with Gasteiger partial charge in [0.1, 0.15) is 0 Å². The number of nitrogens with zero attached hydrogens (tertiary/aromatic N) is 1. The number of nitrogens with two attached hydrogens (primary N) is 1. The van der Waals surface area contributed by atoms with Gasteiger partial charge >= 0.3 is 6.09 Å². The van der Waals surface area contributed by atoms with Crippen molar-refractivity contribution < 1.29 is 14.7 Å². The summed E-state index contributed by atoms with van der Waals surface area (Å²) >= 11 is 0. The van der Waals surface area contributed by atoms with Gasteiger partial charge in [-0.05, 0) is 29.0 Å². The van der Waals surface area contributed by atoms with E-state index < -0.39 is 12.0 Å². The predicted molar refractivity (Wildman–Crippen MR) is 112 cm³/mol. The molecule has 2 aromatic carbocycles. The highest BCUT2D eigenvalue weighted by Gasteiger charge is 2.20. The zero-order chi connectivity index (χ0) is 21.1. The van der Waals surface area contributed by atoms with Gasteiger partial charge in [0, 0.05) is 28.8 Å². The second-order valence-electron chi connectivity index (χ2n) is 7.28. The van der Waals surface area contributed by atoms with Crippen LogP contribution in [0.3, 0.4) is 0 Å². The van der Waals surface area contributed by atoms with Crippen LogP contribution in [-0.2, 0) is 13.1 Å². The van der Waals surface area contributed by atoms with Crippen LogP contribution in [0.1, 0.15) is 29.9 Å². The molecule has 0 aliphatic heterocycles. The van der Waals surface area contributed by atoms with Gasteiger partial charge in [0.05, 0.1) is 6.54 Å². The molecule has 0 fully saturated rings. The Bertz CT molecular complexity index is 1130. The van der Waals surface area contributed by atoms with Crippen LogP contribution in [0.2, 0.25) is 0 Å². The van der Waals surface area contributed by atoms with E-state index in [0.29, 0.717) is 23.0 Å². The Balaban J connectivity index is 2.44. The third-order valence-corrected chi connectivity index (χ3v) is 4.68. The number of hydrogen-bond donors (Lipinski definition) is 3. The van der Waals surface area contributed by atoms with E-state index in [1.54, 1.807) is 16.7 Å². The number of rotatable bonds is 6. The van der Waals surface area contributed by atoms with Gasteiger partial charge in [-0.15, -0.1) is 0 Å². The number of amides is 2. The van der Waals surface area contributed by atoms with E-state index in [2.05, 4.69) is 5.32 Å². The molecule has 0 aliphatic rings. The summed E-state index contributed by atoms with van der Waals surface area (Å²) in [6, 6.07) is 14.3. The highest BCUT2D eigenvalue weighted by atomic mass is 16.4. The Morgan fingerprint density at radius 3 is 2.38 bits per heavy atom. The van der Waals surface area contributed by atoms with Crippen LogP contribution in [0.25, 0.3) is 21.9 Å². The Kier molecular flexibility index (Phi) is 5.68. The van der Waals surface area contributed by atoms with Crippen molar-refractivity contribution in [2.75, 3.05) is 0 Å². The van der Waals surface area contributed by atoms with E-state index in [9.17, 15) is 14.4 Å². The lowest BCUT2D eigenvalue weighted by Crippen LogP contribution is -2.31. The van der Waals surface area contributed by atoms with E-state index in [1.807, 2.05) is 44.2 Å². The number of carboxylic acid groups (broad SMARTS) is 1. The minimum atomic E-state index is -1.17. The SMILES string of the molecule is CC(C)Cn1c(CNC(=O)O)c(-c2ccccc2)c2ccc(C(N)=O)cc2c1=O. The van der Waals surface area contributed by atoms with Gasteiger partial charge in [-0.25, -0.2) is 4.79 Å². The lowest BCUT2D eigenvalue weighted by molar-refractivity contribution is 0.100. The zero-order valence-electron chi connectivity index (χ0n) is 16.3. The molecule has 0 saturated carbocycles. The van der Waals surface area contributed by atoms with Crippen LogP contribution in [0, 0.1) is 5.92 Å². The average Bonchev–Trinajstić information content (AvgIpc) is 2.68. The number of carbonyl (C=O) groups excluding carboxylic acids is 1. The molecule has 3 rings (SSSR count). The van der Waals surface area contributed by atoms with Gasteiger partial charge in [0.15, 0.2) is 0 Å². The summed E-state index contributed by atoms with van der Waals surface area (Å²) in [5, 5.41) is 12.6. The molecule has 0 radical (unpaired) electrons. The molecule has 1 aromatic heterocycles. The van der Waals surface area contributed by atoms with Gasteiger partial charge in [0.2, 0.25) is 5.91 Å². The monoisotopic (exact) mass is 393 g/mol. The van der Waals surface area contributed by atoms with Crippen LogP contribution in [0.5, 0.6) is 0 Å². The molecule has 0 saturated heterocycles. The molecule has 150 valence electrons. The summed E-state index contributed by atoms with van der Waals surface area (Å²) in [6.07, 6.45) is -1.17. The van der Waals surface area contributed by atoms with Crippen molar-refractivity contribution in [1.29, 1.82) is 0 Å². The smallest absolute Gasteiger partial charge is 0.404 e. The molecule has 0 spiro atoms. The van der Waals surface area contributed by atoms with Crippen molar-refractivity contribution >= 4 is 22.8 Å². The van der Waals surface area contributed by atoms with E-state index in [1.165, 1.54) is 6.07 Å². The maximum atomic E-state index is 13.3. The van der Waals surface area contributed by atoms with Crippen molar-refractivity contribution in [3.63, 3.8) is 0 Å². The number of carbonyl (C=O) groups is 2. The molecule has 1 heterocycles. The van der Waals surface area contributed by atoms with E-state index in [4.69, 9.17) is 10.8 Å². The lowest BCUT2D eigenvalue weighted by atomic mass is 9.95. The van der Waals surface area contributed by atoms with Crippen molar-refractivity contribution in [2.45, 2.75) is 26.9 Å². The van der Waals surface area contributed by atoms with Gasteiger partial charge < -0.3 is 20.7 Å². The Labute approximate surface area is 167 Å². The van der Waals surface area contributed by atoms with E-state index in [-0.39, 0.29) is 23.6 Å². The average molecular weight is 393 g/mol. The first-order valence-electron chi connectivity index (χ1n) is 9.31. The minimum Gasteiger partial charge on any atom is -0.465 e. The van der Waals surface area contributed by atoms with Crippen molar-refractivity contribution in [1.82, 2.24) is 9.88 Å². The predicted octanol–water partition coefficient (Wildman–Crippen LogP) is 3.19. The van der Waals surface area contributed by atoms with E-state index in [0.717, 1.165) is 11.1 Å². The third kappa shape index (κ3) is 4.13. The van der Waals surface area contributed by atoms with Crippen LogP contribution < -0.4 is 16.6 Å². The largest absolute Gasteiger partial charge is 0.465 e. The third-order valence-electron chi connectivity index (χ3n) is 4.68. The number of primary amides is 1. The highest BCUT2D eigenvalue weighted by molar-refractivity contribution is 6.02. The maximum absolute atomic E-state index is 13.3. The van der Waals surface area contributed by atoms with Gasteiger partial charge in [-0.1, -0.05) is 50.2 Å². The molecule has 4 N–H and O–H groups in total. The molecule has 0 aliphatic carbocycles. The number of benzene rings is 2. The molecule has 0 bridgehead atoms. The molecule has 2 amide bonds. The molecule has 0 unspecified atom stereocenters. The summed E-state index contributed by atoms with van der Waals surface area (Å²) < 4.78 is 1.59. The Hall–Kier alpha value is -3.61. The van der Waals surface area contributed by atoms with Gasteiger partial charge in [0.25, 0.3) is 5.56 Å². The summed E-state index contributed by atoms with van der Waals surface area (Å²) in [7, 11) is 0. The standard InChI is InChI=1S/C22H23N3O4/c1-13(2)12-25-18(11-24-22(28)29)19(14-6-4-3-5-7-14)16-9-8-15(20(23)26)10-17(16)21(25)27/h3-10,13,24H,11-12H2,1-2H3,(H2,23,26)(H,28,29). The maximum Gasteiger partial charge on any atom is 0.404 e. The fourth-order valence-electron chi connectivity index (χ4n) is 3.48. The number of aromatic nitrogens is 1. The lowest BCUT2D eigenvalue weighted by Gasteiger charge is -2.21. The summed E-state index contributed by atoms with van der Waals surface area (Å²) in [5.74, 6) is -0.462. The molecular weight excluding hydrogens is 370 g/mol. The molecule has 7 heteroatoms. The molecule has 29 heavy (non-hydrogen) atoms. The highest BCUT2D eigenvalue weighted by Crippen LogP contribution is 2.31. The van der Waals surface area contributed by atoms with Crippen LogP contribution >= 0.6 is 0 Å². The fraction of sp³-hybridized carbons (Fsp3) is 0.227. The number of pyridine rings is 1. The molecule has 3 aromatic rings. The van der Waals surface area contributed by atoms with Gasteiger partial charge in [-0.3, -0.25) is 9.59 Å². The second-order valence-corrected chi connectivity index (χ2v) is 7.28. The fourth-order valence-corrected chi connectivity index (χ4v) is 3.48. The molecule has 0 atom stereocenters. The Morgan fingerprint density at radius 2 is 1.79 bits per heavy atom. The van der Waals surface area contributed by atoms with Gasteiger partial charge in [-0.2, -0.15) is 0 Å². The second kappa shape index (κ2) is 8.18. The van der Waals surface area contributed by atoms with Crippen molar-refractivity contribution in [2.24, 2.45) is 11.7 Å². The van der Waals surface area contributed by atoms with Crippen molar-refractivity contribution in [3.05, 3.63) is 70.1 Å². The van der Waals surface area contributed by atoms with Crippen LogP contribution in [-0.4, -0.2) is 21.7 Å². The minimum absolute atomic E-state index is 0.0188. The van der Waals surface area contributed by atoms with Crippen LogP contribution in [0.4, 0.5) is 4.79 Å². The Morgan fingerprint density at radius 1 is 1.10 bits per heavy atom. The van der Waals surface area contributed by atoms with Crippen molar-refractivity contribution in [3.8, 4) is 11.1 Å². The van der Waals surface area contributed by atoms with Crippen LogP contribution in [0.15, 0.2) is 53.3 Å². The summed E-state index contributed by atoms with van der Waals surface area (Å²) in [6.45, 7) is 4.35. The topological polar surface area (TPSA) is 114 Å². The first kappa shape index (κ1) is 20.1.